The molecule has 0 bridgehead atoms. The van der Waals surface area contributed by atoms with Gasteiger partial charge in [-0.25, -0.2) is 21.2 Å². The lowest BCUT2D eigenvalue weighted by Gasteiger charge is -2.25. The molecule has 0 aromatic heterocycles. The van der Waals surface area contributed by atoms with E-state index in [2.05, 4.69) is 5.32 Å². The van der Waals surface area contributed by atoms with E-state index in [1.165, 1.54) is 58.9 Å². The van der Waals surface area contributed by atoms with Gasteiger partial charge in [0.15, 0.2) is 0 Å². The van der Waals surface area contributed by atoms with Crippen LogP contribution in [0, 0.1) is 5.82 Å². The van der Waals surface area contributed by atoms with Crippen molar-refractivity contribution < 1.29 is 26.0 Å². The van der Waals surface area contributed by atoms with Crippen LogP contribution in [0.2, 0.25) is 5.02 Å². The van der Waals surface area contributed by atoms with Crippen LogP contribution in [0.25, 0.3) is 0 Å². The second-order valence-corrected chi connectivity index (χ2v) is 13.5. The Morgan fingerprint density at radius 2 is 1.49 bits per heavy atom. The Labute approximate surface area is 233 Å². The summed E-state index contributed by atoms with van der Waals surface area (Å²) in [7, 11) is -7.74. The molecule has 12 heteroatoms. The molecule has 0 spiro atoms. The molecule has 8 nitrogen and oxygen atoms in total. The van der Waals surface area contributed by atoms with Gasteiger partial charge in [0.05, 0.1) is 16.3 Å². The van der Waals surface area contributed by atoms with Crippen molar-refractivity contribution in [1.82, 2.24) is 13.9 Å². The van der Waals surface area contributed by atoms with Gasteiger partial charge in [-0.1, -0.05) is 48.4 Å². The molecule has 3 aromatic rings. The molecule has 1 saturated heterocycles. The number of piperidine rings is 1. The minimum absolute atomic E-state index is 0.0530. The van der Waals surface area contributed by atoms with E-state index in [1.54, 1.807) is 18.2 Å². The van der Waals surface area contributed by atoms with E-state index >= 15 is 0 Å². The molecular formula is C27H29ClFN3O5S2. The fraction of sp³-hybridized carbons (Fsp3) is 0.296. The minimum atomic E-state index is -4.17. The first-order valence-corrected chi connectivity index (χ1v) is 15.7. The lowest BCUT2D eigenvalue weighted by atomic mass is 10.2. The van der Waals surface area contributed by atoms with Crippen LogP contribution in [0.5, 0.6) is 0 Å². The van der Waals surface area contributed by atoms with Gasteiger partial charge in [-0.05, 0) is 60.9 Å². The Balaban J connectivity index is 1.45. The predicted octanol–water partition coefficient (Wildman–Crippen LogP) is 4.16. The number of rotatable bonds is 10. The van der Waals surface area contributed by atoms with Crippen LogP contribution in [0.15, 0.2) is 82.6 Å². The normalized spacial score (nSPS) is 14.8. The van der Waals surface area contributed by atoms with E-state index in [-0.39, 0.29) is 28.4 Å². The molecule has 1 aliphatic rings. The highest BCUT2D eigenvalue weighted by atomic mass is 35.5. The van der Waals surface area contributed by atoms with Crippen LogP contribution in [-0.2, 0) is 37.9 Å². The summed E-state index contributed by atoms with van der Waals surface area (Å²) < 4.78 is 69.1. The van der Waals surface area contributed by atoms with Crippen LogP contribution in [0.1, 0.15) is 30.4 Å². The van der Waals surface area contributed by atoms with Crippen LogP contribution in [-0.4, -0.2) is 51.0 Å². The van der Waals surface area contributed by atoms with Crippen molar-refractivity contribution in [1.29, 1.82) is 0 Å². The standard InChI is InChI=1S/C27H29ClFN3O5S2/c28-23-10-14-25(15-11-23)39(36,37)32(19-22-6-2-3-7-26(22)29)20-27(33)30-18-21-8-12-24(13-9-21)38(34,35)31-16-4-1-5-17-31/h2-3,6-15H,1,4-5,16-20H2,(H,30,33). The van der Waals surface area contributed by atoms with Gasteiger partial charge in [-0.15, -0.1) is 0 Å². The lowest BCUT2D eigenvalue weighted by molar-refractivity contribution is -0.121. The quantitative estimate of drug-likeness (QED) is 0.380. The van der Waals surface area contributed by atoms with Gasteiger partial charge in [0.2, 0.25) is 26.0 Å². The molecule has 1 N–H and O–H groups in total. The second-order valence-electron chi connectivity index (χ2n) is 9.20. The number of halogens is 2. The van der Waals surface area contributed by atoms with Crippen molar-refractivity contribution >= 4 is 37.6 Å². The van der Waals surface area contributed by atoms with E-state index < -0.39 is 38.3 Å². The fourth-order valence-corrected chi connectivity index (χ4v) is 7.27. The number of hydrogen-bond donors (Lipinski definition) is 1. The molecule has 4 rings (SSSR count). The summed E-state index contributed by atoms with van der Waals surface area (Å²) in [5.74, 6) is -1.19. The Hall–Kier alpha value is -2.83. The third-order valence-electron chi connectivity index (χ3n) is 6.44. The Kier molecular flexibility index (Phi) is 9.39. The van der Waals surface area contributed by atoms with Crippen molar-refractivity contribution in [3.63, 3.8) is 0 Å². The van der Waals surface area contributed by atoms with Crippen molar-refractivity contribution in [3.05, 3.63) is 94.8 Å². The molecule has 0 atom stereocenters. The third kappa shape index (κ3) is 7.23. The number of benzene rings is 3. The fourth-order valence-electron chi connectivity index (χ4n) is 4.25. The average molecular weight is 594 g/mol. The van der Waals surface area contributed by atoms with Crippen molar-refractivity contribution in [2.75, 3.05) is 19.6 Å². The highest BCUT2D eigenvalue weighted by Crippen LogP contribution is 2.23. The van der Waals surface area contributed by atoms with Crippen LogP contribution in [0.3, 0.4) is 0 Å². The number of carbonyl (C=O) groups is 1. The van der Waals surface area contributed by atoms with Gasteiger partial charge in [-0.2, -0.15) is 8.61 Å². The molecule has 1 heterocycles. The van der Waals surface area contributed by atoms with Gasteiger partial charge in [-0.3, -0.25) is 4.79 Å². The maximum absolute atomic E-state index is 14.4. The monoisotopic (exact) mass is 593 g/mol. The first-order valence-electron chi connectivity index (χ1n) is 12.4. The highest BCUT2D eigenvalue weighted by molar-refractivity contribution is 7.89. The van der Waals surface area contributed by atoms with Gasteiger partial charge in [0.25, 0.3) is 0 Å². The largest absolute Gasteiger partial charge is 0.351 e. The Morgan fingerprint density at radius 1 is 0.872 bits per heavy atom. The maximum Gasteiger partial charge on any atom is 0.243 e. The molecule has 1 amide bonds. The summed E-state index contributed by atoms with van der Waals surface area (Å²) in [6, 6.07) is 17.5. The zero-order valence-electron chi connectivity index (χ0n) is 21.1. The molecule has 3 aromatic carbocycles. The number of nitrogens with one attached hydrogen (secondary N) is 1. The smallest absolute Gasteiger partial charge is 0.243 e. The zero-order chi connectivity index (χ0) is 28.0. The molecule has 39 heavy (non-hydrogen) atoms. The zero-order valence-corrected chi connectivity index (χ0v) is 23.5. The SMILES string of the molecule is O=C(CN(Cc1ccccc1F)S(=O)(=O)c1ccc(Cl)cc1)NCc1ccc(S(=O)(=O)N2CCCCC2)cc1. The van der Waals surface area contributed by atoms with Crippen LogP contribution < -0.4 is 5.32 Å². The maximum atomic E-state index is 14.4. The summed E-state index contributed by atoms with van der Waals surface area (Å²) in [6.45, 7) is 0.150. The van der Waals surface area contributed by atoms with E-state index in [9.17, 15) is 26.0 Å². The number of hydrogen-bond acceptors (Lipinski definition) is 5. The Bertz CT molecular complexity index is 1510. The Morgan fingerprint density at radius 3 is 2.13 bits per heavy atom. The first-order chi connectivity index (χ1) is 18.6. The van der Waals surface area contributed by atoms with Gasteiger partial charge < -0.3 is 5.32 Å². The molecule has 0 radical (unpaired) electrons. The number of nitrogens with zero attached hydrogens (tertiary/aromatic N) is 2. The molecule has 0 unspecified atom stereocenters. The van der Waals surface area contributed by atoms with Crippen LogP contribution >= 0.6 is 11.6 Å². The summed E-state index contributed by atoms with van der Waals surface area (Å²) in [6.07, 6.45) is 2.69. The van der Waals surface area contributed by atoms with Crippen molar-refractivity contribution in [2.24, 2.45) is 0 Å². The number of sulfonamides is 2. The molecule has 0 saturated carbocycles. The first kappa shape index (κ1) is 29.2. The molecular weight excluding hydrogens is 565 g/mol. The van der Waals surface area contributed by atoms with Crippen molar-refractivity contribution in [2.45, 2.75) is 42.1 Å². The van der Waals surface area contributed by atoms with Crippen molar-refractivity contribution in [3.8, 4) is 0 Å². The lowest BCUT2D eigenvalue weighted by Crippen LogP contribution is -2.40. The molecule has 1 aliphatic heterocycles. The molecule has 208 valence electrons. The van der Waals surface area contributed by atoms with Crippen LogP contribution in [0.4, 0.5) is 4.39 Å². The molecule has 0 aliphatic carbocycles. The average Bonchev–Trinajstić information content (AvgIpc) is 2.93. The highest BCUT2D eigenvalue weighted by Gasteiger charge is 2.28. The second kappa shape index (κ2) is 12.6. The van der Waals surface area contributed by atoms with E-state index in [0.717, 1.165) is 23.6 Å². The molecule has 1 fully saturated rings. The third-order valence-corrected chi connectivity index (χ3v) is 10.4. The predicted molar refractivity (Wildman–Crippen MR) is 146 cm³/mol. The van der Waals surface area contributed by atoms with Gasteiger partial charge in [0.1, 0.15) is 5.82 Å². The topological polar surface area (TPSA) is 104 Å². The summed E-state index contributed by atoms with van der Waals surface area (Å²) in [4.78, 5) is 12.9. The summed E-state index contributed by atoms with van der Waals surface area (Å²) in [5, 5.41) is 3.01. The summed E-state index contributed by atoms with van der Waals surface area (Å²) in [5.41, 5.74) is 0.760. The van der Waals surface area contributed by atoms with E-state index in [0.29, 0.717) is 23.7 Å². The number of carbonyl (C=O) groups excluding carboxylic acids is 1. The van der Waals surface area contributed by atoms with Gasteiger partial charge in [0, 0.05) is 36.8 Å². The summed E-state index contributed by atoms with van der Waals surface area (Å²) >= 11 is 5.89. The van der Waals surface area contributed by atoms with Gasteiger partial charge >= 0.3 is 0 Å². The minimum Gasteiger partial charge on any atom is -0.351 e. The number of amides is 1. The van der Waals surface area contributed by atoms with E-state index in [4.69, 9.17) is 11.6 Å². The van der Waals surface area contributed by atoms with E-state index in [1.807, 2.05) is 0 Å².